The van der Waals surface area contributed by atoms with Gasteiger partial charge in [0.15, 0.2) is 12.0 Å². The van der Waals surface area contributed by atoms with Crippen LogP contribution in [0.3, 0.4) is 0 Å². The van der Waals surface area contributed by atoms with Crippen molar-refractivity contribution >= 4 is 17.9 Å². The Kier molecular flexibility index (Phi) is 3.39. The number of benzene rings is 1. The van der Waals surface area contributed by atoms with Crippen molar-refractivity contribution in [3.63, 3.8) is 0 Å². The van der Waals surface area contributed by atoms with Gasteiger partial charge in [0.05, 0.1) is 11.3 Å². The highest BCUT2D eigenvalue weighted by molar-refractivity contribution is 6.30. The third-order valence-electron chi connectivity index (χ3n) is 2.76. The molecule has 0 aliphatic heterocycles. The van der Waals surface area contributed by atoms with E-state index in [1.165, 1.54) is 0 Å². The van der Waals surface area contributed by atoms with E-state index in [-0.39, 0.29) is 0 Å². The van der Waals surface area contributed by atoms with Gasteiger partial charge in [0.2, 0.25) is 0 Å². The lowest BCUT2D eigenvalue weighted by atomic mass is 10.2. The number of ether oxygens (including phenoxy) is 1. The summed E-state index contributed by atoms with van der Waals surface area (Å²) in [4.78, 5) is 11.0. The molecule has 0 unspecified atom stereocenters. The SMILES string of the molecule is Cc1nn(C)c(C)c1Oc1cc(Cl)ccc1C=O. The molecule has 0 atom stereocenters. The highest BCUT2D eigenvalue weighted by atomic mass is 35.5. The second-order valence-corrected chi connectivity index (χ2v) is 4.46. The van der Waals surface area contributed by atoms with Gasteiger partial charge < -0.3 is 4.74 Å². The Labute approximate surface area is 110 Å². The van der Waals surface area contributed by atoms with E-state index in [9.17, 15) is 4.79 Å². The summed E-state index contributed by atoms with van der Waals surface area (Å²) in [7, 11) is 1.84. The second-order valence-electron chi connectivity index (χ2n) is 4.03. The maximum Gasteiger partial charge on any atom is 0.171 e. The molecule has 0 saturated heterocycles. The zero-order chi connectivity index (χ0) is 13.3. The largest absolute Gasteiger partial charge is 0.453 e. The van der Waals surface area contributed by atoms with Crippen molar-refractivity contribution in [2.45, 2.75) is 13.8 Å². The Morgan fingerprint density at radius 3 is 2.67 bits per heavy atom. The van der Waals surface area contributed by atoms with E-state index in [1.807, 2.05) is 20.9 Å². The Bertz CT molecular complexity index is 605. The summed E-state index contributed by atoms with van der Waals surface area (Å²) in [6.45, 7) is 3.76. The first-order chi connectivity index (χ1) is 8.52. The number of hydrogen-bond donors (Lipinski definition) is 0. The minimum Gasteiger partial charge on any atom is -0.453 e. The van der Waals surface area contributed by atoms with Crippen LogP contribution in [0, 0.1) is 13.8 Å². The molecule has 5 heteroatoms. The van der Waals surface area contributed by atoms with E-state index in [1.54, 1.807) is 22.9 Å². The maximum atomic E-state index is 11.0. The van der Waals surface area contributed by atoms with Crippen molar-refractivity contribution < 1.29 is 9.53 Å². The van der Waals surface area contributed by atoms with E-state index in [0.717, 1.165) is 17.7 Å². The highest BCUT2D eigenvalue weighted by Gasteiger charge is 2.13. The molecule has 0 spiro atoms. The first kappa shape index (κ1) is 12.6. The Balaban J connectivity index is 2.45. The lowest BCUT2D eigenvalue weighted by Crippen LogP contribution is -1.94. The molecule has 1 heterocycles. The van der Waals surface area contributed by atoms with Crippen LogP contribution in [0.4, 0.5) is 0 Å². The number of carbonyl (C=O) groups excluding carboxylic acids is 1. The topological polar surface area (TPSA) is 44.1 Å². The zero-order valence-electron chi connectivity index (χ0n) is 10.4. The fraction of sp³-hybridized carbons (Fsp3) is 0.231. The zero-order valence-corrected chi connectivity index (χ0v) is 11.2. The molecular weight excluding hydrogens is 252 g/mol. The average Bonchev–Trinajstić information content (AvgIpc) is 2.56. The van der Waals surface area contributed by atoms with Crippen molar-refractivity contribution in [1.82, 2.24) is 9.78 Å². The van der Waals surface area contributed by atoms with Crippen molar-refractivity contribution in [1.29, 1.82) is 0 Å². The predicted octanol–water partition coefficient (Wildman–Crippen LogP) is 3.30. The molecule has 0 radical (unpaired) electrons. The number of hydrogen-bond acceptors (Lipinski definition) is 3. The quantitative estimate of drug-likeness (QED) is 0.799. The van der Waals surface area contributed by atoms with Gasteiger partial charge in [-0.25, -0.2) is 0 Å². The van der Waals surface area contributed by atoms with Crippen LogP contribution < -0.4 is 4.74 Å². The summed E-state index contributed by atoms with van der Waals surface area (Å²) in [6.07, 6.45) is 0.743. The normalized spacial score (nSPS) is 10.4. The van der Waals surface area contributed by atoms with Crippen LogP contribution in [0.2, 0.25) is 5.02 Å². The number of rotatable bonds is 3. The van der Waals surface area contributed by atoms with Crippen LogP contribution in [-0.2, 0) is 7.05 Å². The third-order valence-corrected chi connectivity index (χ3v) is 2.99. The van der Waals surface area contributed by atoms with Crippen molar-refractivity contribution in [2.24, 2.45) is 7.05 Å². The summed E-state index contributed by atoms with van der Waals surface area (Å²) in [5, 5.41) is 4.78. The molecule has 1 aromatic heterocycles. The molecule has 18 heavy (non-hydrogen) atoms. The Morgan fingerprint density at radius 1 is 1.39 bits per heavy atom. The van der Waals surface area contributed by atoms with Gasteiger partial charge in [0, 0.05) is 18.1 Å². The van der Waals surface area contributed by atoms with Gasteiger partial charge in [-0.15, -0.1) is 0 Å². The van der Waals surface area contributed by atoms with Gasteiger partial charge in [-0.05, 0) is 26.0 Å². The summed E-state index contributed by atoms with van der Waals surface area (Å²) in [5.74, 6) is 1.10. The molecule has 2 rings (SSSR count). The Hall–Kier alpha value is -1.81. The molecule has 1 aromatic carbocycles. The summed E-state index contributed by atoms with van der Waals surface area (Å²) in [5.41, 5.74) is 2.12. The van der Waals surface area contributed by atoms with Gasteiger partial charge in [-0.1, -0.05) is 11.6 Å². The molecular formula is C13H13ClN2O2. The van der Waals surface area contributed by atoms with E-state index in [2.05, 4.69) is 5.10 Å². The number of aldehydes is 1. The molecule has 0 saturated carbocycles. The molecule has 2 aromatic rings. The van der Waals surface area contributed by atoms with Crippen molar-refractivity contribution in [3.8, 4) is 11.5 Å². The van der Waals surface area contributed by atoms with Crippen LogP contribution >= 0.6 is 11.6 Å². The highest BCUT2D eigenvalue weighted by Crippen LogP contribution is 2.31. The van der Waals surface area contributed by atoms with Gasteiger partial charge in [0.25, 0.3) is 0 Å². The van der Waals surface area contributed by atoms with Crippen LogP contribution in [0.1, 0.15) is 21.7 Å². The van der Waals surface area contributed by atoms with E-state index in [4.69, 9.17) is 16.3 Å². The minimum atomic E-state index is 0.441. The predicted molar refractivity (Wildman–Crippen MR) is 69.6 cm³/mol. The Morgan fingerprint density at radius 2 is 2.11 bits per heavy atom. The molecule has 0 aliphatic rings. The van der Waals surface area contributed by atoms with E-state index in [0.29, 0.717) is 22.1 Å². The summed E-state index contributed by atoms with van der Waals surface area (Å²) in [6, 6.07) is 4.91. The van der Waals surface area contributed by atoms with Gasteiger partial charge in [-0.2, -0.15) is 5.10 Å². The fourth-order valence-corrected chi connectivity index (χ4v) is 1.87. The third kappa shape index (κ3) is 2.24. The van der Waals surface area contributed by atoms with Crippen molar-refractivity contribution in [3.05, 3.63) is 40.2 Å². The maximum absolute atomic E-state index is 11.0. The summed E-state index contributed by atoms with van der Waals surface area (Å²) >= 11 is 5.91. The lowest BCUT2D eigenvalue weighted by Gasteiger charge is -2.08. The van der Waals surface area contributed by atoms with Gasteiger partial charge in [-0.3, -0.25) is 9.48 Å². The average molecular weight is 265 g/mol. The molecule has 0 N–H and O–H groups in total. The molecule has 0 amide bonds. The van der Waals surface area contributed by atoms with Gasteiger partial charge >= 0.3 is 0 Å². The number of aromatic nitrogens is 2. The van der Waals surface area contributed by atoms with Crippen molar-refractivity contribution in [2.75, 3.05) is 0 Å². The minimum absolute atomic E-state index is 0.441. The first-order valence-corrected chi connectivity index (χ1v) is 5.83. The summed E-state index contributed by atoms with van der Waals surface area (Å²) < 4.78 is 7.50. The van der Waals surface area contributed by atoms with Gasteiger partial charge in [0.1, 0.15) is 11.4 Å². The smallest absolute Gasteiger partial charge is 0.171 e. The van der Waals surface area contributed by atoms with Crippen LogP contribution in [0.25, 0.3) is 0 Å². The molecule has 0 bridgehead atoms. The molecule has 94 valence electrons. The first-order valence-electron chi connectivity index (χ1n) is 5.45. The molecule has 4 nitrogen and oxygen atoms in total. The second kappa shape index (κ2) is 4.82. The molecule has 0 aliphatic carbocycles. The van der Waals surface area contributed by atoms with E-state index < -0.39 is 0 Å². The monoisotopic (exact) mass is 264 g/mol. The standard InChI is InChI=1S/C13H13ClN2O2/c1-8-13(9(2)16(3)15-8)18-12-6-11(14)5-4-10(12)7-17/h4-7H,1-3H3. The number of halogens is 1. The van der Waals surface area contributed by atoms with Crippen LogP contribution in [0.5, 0.6) is 11.5 Å². The lowest BCUT2D eigenvalue weighted by molar-refractivity contribution is 0.112. The van der Waals surface area contributed by atoms with E-state index >= 15 is 0 Å². The number of nitrogens with zero attached hydrogens (tertiary/aromatic N) is 2. The van der Waals surface area contributed by atoms with Crippen LogP contribution in [-0.4, -0.2) is 16.1 Å². The fourth-order valence-electron chi connectivity index (χ4n) is 1.71. The number of carbonyl (C=O) groups is 1. The molecule has 0 fully saturated rings. The van der Waals surface area contributed by atoms with Crippen LogP contribution in [0.15, 0.2) is 18.2 Å². The number of aryl methyl sites for hydroxylation is 2.